The second-order valence-corrected chi connectivity index (χ2v) is 3.97. The molecule has 1 unspecified atom stereocenters. The molecule has 4 heteroatoms. The lowest BCUT2D eigenvalue weighted by molar-refractivity contribution is 0.339. The van der Waals surface area contributed by atoms with E-state index in [2.05, 4.69) is 15.6 Å². The van der Waals surface area contributed by atoms with Gasteiger partial charge in [0.05, 0.1) is 6.61 Å². The third-order valence-electron chi connectivity index (χ3n) is 2.71. The Labute approximate surface area is 96.4 Å². The van der Waals surface area contributed by atoms with E-state index in [1.165, 1.54) is 12.8 Å². The zero-order valence-electron chi connectivity index (χ0n) is 9.70. The van der Waals surface area contributed by atoms with Crippen LogP contribution in [-0.4, -0.2) is 30.7 Å². The summed E-state index contributed by atoms with van der Waals surface area (Å²) in [5, 5.41) is 6.81. The molecular weight excluding hydrogens is 202 g/mol. The molecule has 1 aromatic heterocycles. The van der Waals surface area contributed by atoms with Gasteiger partial charge in [-0.15, -0.1) is 0 Å². The molecule has 1 fully saturated rings. The summed E-state index contributed by atoms with van der Waals surface area (Å²) in [6.07, 6.45) is 4.20. The second kappa shape index (κ2) is 5.70. The molecule has 1 saturated heterocycles. The molecule has 2 heterocycles. The van der Waals surface area contributed by atoms with Crippen LogP contribution in [0.25, 0.3) is 0 Å². The SMILES string of the molecule is CCOc1cccnc1NC1CCCNC1. The number of rotatable bonds is 4. The van der Waals surface area contributed by atoms with Gasteiger partial charge in [-0.2, -0.15) is 0 Å². The molecule has 0 saturated carbocycles. The Morgan fingerprint density at radius 1 is 1.62 bits per heavy atom. The maximum Gasteiger partial charge on any atom is 0.169 e. The van der Waals surface area contributed by atoms with E-state index in [9.17, 15) is 0 Å². The predicted molar refractivity (Wildman–Crippen MR) is 64.9 cm³/mol. The molecule has 0 bridgehead atoms. The molecule has 4 nitrogen and oxygen atoms in total. The minimum Gasteiger partial charge on any atom is -0.490 e. The van der Waals surface area contributed by atoms with Gasteiger partial charge >= 0.3 is 0 Å². The van der Waals surface area contributed by atoms with E-state index < -0.39 is 0 Å². The zero-order valence-corrected chi connectivity index (χ0v) is 9.70. The van der Waals surface area contributed by atoms with Crippen LogP contribution in [0.4, 0.5) is 5.82 Å². The Kier molecular flexibility index (Phi) is 3.99. The first-order valence-electron chi connectivity index (χ1n) is 5.95. The summed E-state index contributed by atoms with van der Waals surface area (Å²) in [7, 11) is 0. The van der Waals surface area contributed by atoms with Crippen molar-refractivity contribution in [3.8, 4) is 5.75 Å². The number of pyridine rings is 1. The lowest BCUT2D eigenvalue weighted by Crippen LogP contribution is -2.38. The first kappa shape index (κ1) is 11.2. The molecular formula is C12H19N3O. The fourth-order valence-corrected chi connectivity index (χ4v) is 1.94. The third-order valence-corrected chi connectivity index (χ3v) is 2.71. The van der Waals surface area contributed by atoms with Gasteiger partial charge in [-0.05, 0) is 38.4 Å². The van der Waals surface area contributed by atoms with Crippen LogP contribution in [0, 0.1) is 0 Å². The Balaban J connectivity index is 2.01. The summed E-state index contributed by atoms with van der Waals surface area (Å²) in [6.45, 7) is 4.78. The summed E-state index contributed by atoms with van der Waals surface area (Å²) in [5.74, 6) is 1.70. The number of aromatic nitrogens is 1. The van der Waals surface area contributed by atoms with E-state index >= 15 is 0 Å². The van der Waals surface area contributed by atoms with Crippen molar-refractivity contribution >= 4 is 5.82 Å². The van der Waals surface area contributed by atoms with Gasteiger partial charge in [-0.3, -0.25) is 0 Å². The second-order valence-electron chi connectivity index (χ2n) is 3.97. The lowest BCUT2D eigenvalue weighted by Gasteiger charge is -2.25. The summed E-state index contributed by atoms with van der Waals surface area (Å²) >= 11 is 0. The van der Waals surface area contributed by atoms with E-state index in [1.807, 2.05) is 19.1 Å². The van der Waals surface area contributed by atoms with Crippen molar-refractivity contribution in [1.29, 1.82) is 0 Å². The van der Waals surface area contributed by atoms with E-state index in [-0.39, 0.29) is 0 Å². The predicted octanol–water partition coefficient (Wildman–Crippen LogP) is 1.64. The molecule has 2 rings (SSSR count). The first-order chi connectivity index (χ1) is 7.90. The molecule has 1 aliphatic heterocycles. The minimum absolute atomic E-state index is 0.461. The molecule has 1 atom stereocenters. The van der Waals surface area contributed by atoms with Crippen molar-refractivity contribution in [3.05, 3.63) is 18.3 Å². The zero-order chi connectivity index (χ0) is 11.2. The van der Waals surface area contributed by atoms with Crippen LogP contribution in [0.2, 0.25) is 0 Å². The van der Waals surface area contributed by atoms with Crippen molar-refractivity contribution in [3.63, 3.8) is 0 Å². The maximum atomic E-state index is 5.53. The first-order valence-corrected chi connectivity index (χ1v) is 5.95. The lowest BCUT2D eigenvalue weighted by atomic mass is 10.1. The summed E-state index contributed by atoms with van der Waals surface area (Å²) in [4.78, 5) is 4.33. The van der Waals surface area contributed by atoms with Crippen LogP contribution in [-0.2, 0) is 0 Å². The molecule has 0 spiro atoms. The molecule has 2 N–H and O–H groups in total. The smallest absolute Gasteiger partial charge is 0.169 e. The van der Waals surface area contributed by atoms with Gasteiger partial charge in [-0.1, -0.05) is 0 Å². The molecule has 1 aromatic rings. The number of nitrogens with one attached hydrogen (secondary N) is 2. The highest BCUT2D eigenvalue weighted by molar-refractivity contribution is 5.50. The Morgan fingerprint density at radius 3 is 3.31 bits per heavy atom. The average molecular weight is 221 g/mol. The Morgan fingerprint density at radius 2 is 2.56 bits per heavy atom. The highest BCUT2D eigenvalue weighted by atomic mass is 16.5. The monoisotopic (exact) mass is 221 g/mol. The number of anilines is 1. The topological polar surface area (TPSA) is 46.2 Å². The standard InChI is InChI=1S/C12H19N3O/c1-2-16-11-6-4-8-14-12(11)15-10-5-3-7-13-9-10/h4,6,8,10,13H,2-3,5,7,9H2,1H3,(H,14,15). The van der Waals surface area contributed by atoms with Crippen LogP contribution >= 0.6 is 0 Å². The van der Waals surface area contributed by atoms with Crippen LogP contribution in [0.5, 0.6) is 5.75 Å². The molecule has 88 valence electrons. The number of hydrogen-bond acceptors (Lipinski definition) is 4. The van der Waals surface area contributed by atoms with E-state index in [4.69, 9.17) is 4.74 Å². The van der Waals surface area contributed by atoms with Crippen molar-refractivity contribution in [2.75, 3.05) is 25.0 Å². The summed E-state index contributed by atoms with van der Waals surface area (Å²) in [6, 6.07) is 4.31. The normalized spacial score (nSPS) is 20.4. The number of hydrogen-bond donors (Lipinski definition) is 2. The molecule has 0 radical (unpaired) electrons. The van der Waals surface area contributed by atoms with Crippen LogP contribution in [0.1, 0.15) is 19.8 Å². The third kappa shape index (κ3) is 2.85. The molecule has 0 amide bonds. The maximum absolute atomic E-state index is 5.53. The van der Waals surface area contributed by atoms with Crippen molar-refractivity contribution in [2.24, 2.45) is 0 Å². The van der Waals surface area contributed by atoms with Crippen molar-refractivity contribution in [1.82, 2.24) is 10.3 Å². The van der Waals surface area contributed by atoms with Gasteiger partial charge in [-0.25, -0.2) is 4.98 Å². The van der Waals surface area contributed by atoms with Gasteiger partial charge in [0.2, 0.25) is 0 Å². The van der Waals surface area contributed by atoms with E-state index in [0.29, 0.717) is 12.6 Å². The van der Waals surface area contributed by atoms with Gasteiger partial charge in [0.1, 0.15) is 0 Å². The Hall–Kier alpha value is -1.29. The molecule has 0 aromatic carbocycles. The van der Waals surface area contributed by atoms with E-state index in [1.54, 1.807) is 6.20 Å². The van der Waals surface area contributed by atoms with Gasteiger partial charge < -0.3 is 15.4 Å². The van der Waals surface area contributed by atoms with Crippen molar-refractivity contribution < 1.29 is 4.74 Å². The van der Waals surface area contributed by atoms with E-state index in [0.717, 1.165) is 24.7 Å². The largest absolute Gasteiger partial charge is 0.490 e. The van der Waals surface area contributed by atoms with Crippen molar-refractivity contribution in [2.45, 2.75) is 25.8 Å². The van der Waals surface area contributed by atoms with Crippen LogP contribution < -0.4 is 15.4 Å². The highest BCUT2D eigenvalue weighted by Crippen LogP contribution is 2.22. The Bertz CT molecular complexity index is 324. The highest BCUT2D eigenvalue weighted by Gasteiger charge is 2.14. The molecule has 16 heavy (non-hydrogen) atoms. The van der Waals surface area contributed by atoms with Gasteiger partial charge in [0, 0.05) is 18.8 Å². The summed E-state index contributed by atoms with van der Waals surface area (Å²) in [5.41, 5.74) is 0. The molecule has 1 aliphatic rings. The average Bonchev–Trinajstić information content (AvgIpc) is 2.33. The number of ether oxygens (including phenoxy) is 1. The minimum atomic E-state index is 0.461. The van der Waals surface area contributed by atoms with Gasteiger partial charge in [0.25, 0.3) is 0 Å². The van der Waals surface area contributed by atoms with Crippen LogP contribution in [0.15, 0.2) is 18.3 Å². The quantitative estimate of drug-likeness (QED) is 0.811. The fraction of sp³-hybridized carbons (Fsp3) is 0.583. The summed E-state index contributed by atoms with van der Waals surface area (Å²) < 4.78 is 5.53. The van der Waals surface area contributed by atoms with Gasteiger partial charge in [0.15, 0.2) is 11.6 Å². The number of piperidine rings is 1. The van der Waals surface area contributed by atoms with Crippen LogP contribution in [0.3, 0.4) is 0 Å². The number of nitrogens with zero attached hydrogens (tertiary/aromatic N) is 1. The fourth-order valence-electron chi connectivity index (χ4n) is 1.94. The molecule has 0 aliphatic carbocycles.